The van der Waals surface area contributed by atoms with Crippen molar-refractivity contribution in [2.24, 2.45) is 0 Å². The van der Waals surface area contributed by atoms with Crippen molar-refractivity contribution in [1.29, 1.82) is 0 Å². The number of aliphatic hydroxyl groups is 1. The van der Waals surface area contributed by atoms with Crippen LogP contribution in [-0.4, -0.2) is 62.6 Å². The third kappa shape index (κ3) is 4.94. The summed E-state index contributed by atoms with van der Waals surface area (Å²) in [5.74, 6) is -0.190. The van der Waals surface area contributed by atoms with Gasteiger partial charge in [-0.1, -0.05) is 19.1 Å². The number of benzene rings is 2. The van der Waals surface area contributed by atoms with Crippen molar-refractivity contribution in [2.75, 3.05) is 40.9 Å². The number of ether oxygens (including phenoxy) is 2. The van der Waals surface area contributed by atoms with E-state index >= 15 is 0 Å². The molecule has 2 aromatic rings. The lowest BCUT2D eigenvalue weighted by Gasteiger charge is -2.26. The lowest BCUT2D eigenvalue weighted by molar-refractivity contribution is -0.857. The van der Waals surface area contributed by atoms with Crippen LogP contribution in [0.2, 0.25) is 0 Å². The van der Waals surface area contributed by atoms with E-state index in [9.17, 15) is 14.7 Å². The highest BCUT2D eigenvalue weighted by atomic mass is 16.5. The summed E-state index contributed by atoms with van der Waals surface area (Å²) >= 11 is 0. The minimum absolute atomic E-state index is 0.0848. The van der Waals surface area contributed by atoms with Crippen LogP contribution in [0.4, 0.5) is 0 Å². The first-order valence-corrected chi connectivity index (χ1v) is 10.8. The van der Waals surface area contributed by atoms with Crippen molar-refractivity contribution >= 4 is 17.4 Å². The number of nitrogens with zero attached hydrogens (tertiary/aromatic N) is 1. The molecule has 1 aliphatic heterocycles. The van der Waals surface area contributed by atoms with E-state index in [0.29, 0.717) is 36.8 Å². The van der Waals surface area contributed by atoms with E-state index in [4.69, 9.17) is 9.47 Å². The van der Waals surface area contributed by atoms with Gasteiger partial charge in [0.2, 0.25) is 0 Å². The molecular formula is C25H31N2O5+. The molecule has 3 rings (SSSR count). The number of hydrogen-bond donors (Lipinski definition) is 2. The van der Waals surface area contributed by atoms with Crippen LogP contribution in [0, 0.1) is 0 Å². The maximum atomic E-state index is 13.1. The first kappa shape index (κ1) is 23.3. The second kappa shape index (κ2) is 10.3. The van der Waals surface area contributed by atoms with Crippen LogP contribution in [0.1, 0.15) is 30.5 Å². The second-order valence-corrected chi connectivity index (χ2v) is 8.10. The van der Waals surface area contributed by atoms with E-state index in [1.807, 2.05) is 45.3 Å². The van der Waals surface area contributed by atoms with E-state index in [1.165, 1.54) is 0 Å². The molecule has 32 heavy (non-hydrogen) atoms. The molecular weight excluding hydrogens is 408 g/mol. The molecule has 0 aromatic heterocycles. The molecule has 0 bridgehead atoms. The third-order valence-electron chi connectivity index (χ3n) is 5.40. The molecule has 1 amide bonds. The fourth-order valence-electron chi connectivity index (χ4n) is 3.70. The van der Waals surface area contributed by atoms with Crippen molar-refractivity contribution in [2.45, 2.75) is 19.4 Å². The minimum Gasteiger partial charge on any atom is -0.507 e. The summed E-state index contributed by atoms with van der Waals surface area (Å²) in [5, 5.41) is 11.1. The highest BCUT2D eigenvalue weighted by Crippen LogP contribution is 2.40. The number of carbonyl (C=O) groups excluding carboxylic acids is 2. The van der Waals surface area contributed by atoms with Gasteiger partial charge in [0.1, 0.15) is 17.3 Å². The Morgan fingerprint density at radius 3 is 2.44 bits per heavy atom. The molecule has 7 heteroatoms. The Kier molecular flexibility index (Phi) is 7.53. The molecule has 170 valence electrons. The number of carbonyl (C=O) groups is 2. The summed E-state index contributed by atoms with van der Waals surface area (Å²) in [6.07, 6.45) is 0.867. The van der Waals surface area contributed by atoms with Crippen molar-refractivity contribution in [3.8, 4) is 11.5 Å². The van der Waals surface area contributed by atoms with Crippen LogP contribution in [0.15, 0.2) is 54.1 Å². The highest BCUT2D eigenvalue weighted by molar-refractivity contribution is 6.46. The molecule has 2 N–H and O–H groups in total. The Bertz CT molecular complexity index is 998. The summed E-state index contributed by atoms with van der Waals surface area (Å²) in [7, 11) is 5.53. The van der Waals surface area contributed by atoms with Crippen molar-refractivity contribution in [3.63, 3.8) is 0 Å². The minimum atomic E-state index is -0.693. The maximum Gasteiger partial charge on any atom is 0.295 e. The molecule has 0 spiro atoms. The van der Waals surface area contributed by atoms with Gasteiger partial charge in [0, 0.05) is 5.56 Å². The Labute approximate surface area is 188 Å². The molecule has 1 saturated heterocycles. The summed E-state index contributed by atoms with van der Waals surface area (Å²) in [6, 6.07) is 13.4. The van der Waals surface area contributed by atoms with Gasteiger partial charge >= 0.3 is 0 Å². The molecule has 1 atom stereocenters. The molecule has 0 saturated carbocycles. The largest absolute Gasteiger partial charge is 0.507 e. The van der Waals surface area contributed by atoms with Gasteiger partial charge in [-0.3, -0.25) is 9.59 Å². The van der Waals surface area contributed by atoms with Crippen LogP contribution in [0.3, 0.4) is 0 Å². The summed E-state index contributed by atoms with van der Waals surface area (Å²) in [4.78, 5) is 28.7. The molecule has 0 aliphatic carbocycles. The molecule has 0 unspecified atom stereocenters. The number of quaternary nitrogens is 1. The SMILES string of the molecule is CCCOc1cccc([C@H]2/C(=C(/O)c3ccc(OC)cc3)C(=O)C(=O)N2CC[NH+](C)C)c1. The standard InChI is InChI=1S/C25H30N2O5/c1-5-15-32-20-8-6-7-18(16-20)22-21(23(28)17-9-11-19(31-4)12-10-17)24(29)25(30)27(22)14-13-26(2)3/h6-12,16,22,28H,5,13-15H2,1-4H3/p+1/b23-21-/t22-/m0/s1. The number of likely N-dealkylation sites (N-methyl/N-ethyl adjacent to an activating group) is 1. The van der Waals surface area contributed by atoms with Gasteiger partial charge in [0.05, 0.1) is 52.5 Å². The van der Waals surface area contributed by atoms with Crippen LogP contribution in [0.25, 0.3) is 5.76 Å². The topological polar surface area (TPSA) is 80.5 Å². The zero-order valence-electron chi connectivity index (χ0n) is 19.1. The van der Waals surface area contributed by atoms with Crippen LogP contribution in [0.5, 0.6) is 11.5 Å². The van der Waals surface area contributed by atoms with Crippen molar-refractivity contribution in [3.05, 3.63) is 65.2 Å². The first-order valence-electron chi connectivity index (χ1n) is 10.8. The molecule has 1 aliphatic rings. The molecule has 1 heterocycles. The number of aliphatic hydroxyl groups excluding tert-OH is 1. The monoisotopic (exact) mass is 439 g/mol. The summed E-state index contributed by atoms with van der Waals surface area (Å²) in [5.41, 5.74) is 1.26. The first-order chi connectivity index (χ1) is 15.4. The highest BCUT2D eigenvalue weighted by Gasteiger charge is 2.46. The van der Waals surface area contributed by atoms with Crippen LogP contribution < -0.4 is 14.4 Å². The number of hydrogen-bond acceptors (Lipinski definition) is 5. The number of amides is 1. The molecule has 0 radical (unpaired) electrons. The molecule has 7 nitrogen and oxygen atoms in total. The number of nitrogens with one attached hydrogen (secondary N) is 1. The van der Waals surface area contributed by atoms with Crippen molar-refractivity contribution < 1.29 is 29.1 Å². The van der Waals surface area contributed by atoms with Gasteiger partial charge in [-0.15, -0.1) is 0 Å². The van der Waals surface area contributed by atoms with Crippen molar-refractivity contribution in [1.82, 2.24) is 4.90 Å². The molecule has 2 aromatic carbocycles. The van der Waals surface area contributed by atoms with E-state index < -0.39 is 17.7 Å². The Morgan fingerprint density at radius 1 is 1.09 bits per heavy atom. The van der Waals surface area contributed by atoms with Gasteiger partial charge in [-0.05, 0) is 48.4 Å². The Hall–Kier alpha value is -3.32. The Balaban J connectivity index is 2.10. The van der Waals surface area contributed by atoms with Crippen LogP contribution >= 0.6 is 0 Å². The predicted octanol–water partition coefficient (Wildman–Crippen LogP) is 2.05. The molecule has 1 fully saturated rings. The number of methoxy groups -OCH3 is 1. The fraction of sp³-hybridized carbons (Fsp3) is 0.360. The van der Waals surface area contributed by atoms with Gasteiger partial charge in [0.15, 0.2) is 0 Å². The summed E-state index contributed by atoms with van der Waals surface area (Å²) < 4.78 is 10.9. The maximum absolute atomic E-state index is 13.1. The van der Waals surface area contributed by atoms with E-state index in [2.05, 4.69) is 0 Å². The van der Waals surface area contributed by atoms with Gasteiger partial charge in [0.25, 0.3) is 11.7 Å². The zero-order chi connectivity index (χ0) is 23.3. The van der Waals surface area contributed by atoms with Crippen LogP contribution in [-0.2, 0) is 9.59 Å². The third-order valence-corrected chi connectivity index (χ3v) is 5.40. The van der Waals surface area contributed by atoms with Gasteiger partial charge in [-0.25, -0.2) is 0 Å². The average Bonchev–Trinajstić information content (AvgIpc) is 3.06. The quantitative estimate of drug-likeness (QED) is 0.355. The predicted molar refractivity (Wildman–Crippen MR) is 122 cm³/mol. The average molecular weight is 440 g/mol. The Morgan fingerprint density at radius 2 is 1.81 bits per heavy atom. The van der Waals surface area contributed by atoms with E-state index in [1.54, 1.807) is 36.3 Å². The van der Waals surface area contributed by atoms with Gasteiger partial charge < -0.3 is 24.4 Å². The van der Waals surface area contributed by atoms with Gasteiger partial charge in [-0.2, -0.15) is 0 Å². The number of Topliss-reactive ketones (excluding diaryl/α,β-unsaturated/α-hetero) is 1. The fourth-order valence-corrected chi connectivity index (χ4v) is 3.70. The normalized spacial score (nSPS) is 17.8. The number of ketones is 1. The number of rotatable bonds is 9. The second-order valence-electron chi connectivity index (χ2n) is 8.10. The lowest BCUT2D eigenvalue weighted by Crippen LogP contribution is -3.06. The smallest absolute Gasteiger partial charge is 0.295 e. The van der Waals surface area contributed by atoms with E-state index in [-0.39, 0.29) is 11.3 Å². The zero-order valence-corrected chi connectivity index (χ0v) is 19.1. The number of likely N-dealkylation sites (tertiary alicyclic amines) is 1. The lowest BCUT2D eigenvalue weighted by atomic mass is 9.95. The van der Waals surface area contributed by atoms with E-state index in [0.717, 1.165) is 16.9 Å². The summed E-state index contributed by atoms with van der Waals surface area (Å²) in [6.45, 7) is 3.64.